The molecule has 0 aromatic carbocycles. The number of nitrogens with one attached hydrogen (secondary N) is 1. The molecule has 0 radical (unpaired) electrons. The van der Waals surface area contributed by atoms with Crippen molar-refractivity contribution < 1.29 is 4.57 Å². The Morgan fingerprint density at radius 3 is 1.27 bits per heavy atom. The molecule has 0 aliphatic rings. The second-order valence-corrected chi connectivity index (χ2v) is 12.4. The predicted octanol–water partition coefficient (Wildman–Crippen LogP) is 12.1. The van der Waals surface area contributed by atoms with E-state index in [0.717, 1.165) is 5.92 Å². The lowest BCUT2D eigenvalue weighted by atomic mass is 9.92. The number of rotatable bonds is 29. The van der Waals surface area contributed by atoms with Gasteiger partial charge in [0.05, 0.1) is 0 Å². The second kappa shape index (κ2) is 26.8. The number of aromatic amines is 1. The molecule has 1 rings (SSSR count). The topological polar surface area (TPSA) is 19.7 Å². The van der Waals surface area contributed by atoms with E-state index in [1.807, 2.05) is 0 Å². The molecular formula is C35H69N2+. The highest BCUT2D eigenvalue weighted by Gasteiger charge is 2.18. The van der Waals surface area contributed by atoms with Crippen molar-refractivity contribution in [1.82, 2.24) is 4.98 Å². The minimum atomic E-state index is 0.682. The summed E-state index contributed by atoms with van der Waals surface area (Å²) in [5, 5.41) is 0. The van der Waals surface area contributed by atoms with Crippen LogP contribution in [0.1, 0.15) is 200 Å². The first-order valence-corrected chi connectivity index (χ1v) is 17.3. The monoisotopic (exact) mass is 518 g/mol. The summed E-state index contributed by atoms with van der Waals surface area (Å²) in [6, 6.07) is 0.682. The van der Waals surface area contributed by atoms with Crippen LogP contribution in [-0.4, -0.2) is 4.98 Å². The van der Waals surface area contributed by atoms with Gasteiger partial charge in [-0.05, 0) is 25.2 Å². The zero-order chi connectivity index (χ0) is 26.7. The van der Waals surface area contributed by atoms with Gasteiger partial charge in [0, 0.05) is 0 Å². The molecule has 2 unspecified atom stereocenters. The van der Waals surface area contributed by atoms with Gasteiger partial charge in [-0.3, -0.25) is 4.98 Å². The summed E-state index contributed by atoms with van der Waals surface area (Å²) >= 11 is 0. The van der Waals surface area contributed by atoms with Crippen molar-refractivity contribution in [2.45, 2.75) is 200 Å². The van der Waals surface area contributed by atoms with E-state index in [1.54, 1.807) is 0 Å². The van der Waals surface area contributed by atoms with Gasteiger partial charge >= 0.3 is 0 Å². The summed E-state index contributed by atoms with van der Waals surface area (Å²) in [5.74, 6) is 0.841. The smallest absolute Gasteiger partial charge is 0.241 e. The highest BCUT2D eigenvalue weighted by atomic mass is 15.0. The fourth-order valence-electron chi connectivity index (χ4n) is 6.05. The Morgan fingerprint density at radius 1 is 0.514 bits per heavy atom. The van der Waals surface area contributed by atoms with E-state index in [2.05, 4.69) is 49.0 Å². The third kappa shape index (κ3) is 21.8. The van der Waals surface area contributed by atoms with E-state index in [-0.39, 0.29) is 0 Å². The fraction of sp³-hybridized carbons (Fsp3) is 0.914. The molecule has 0 bridgehead atoms. The summed E-state index contributed by atoms with van der Waals surface area (Å²) in [6.07, 6.45) is 45.3. The van der Waals surface area contributed by atoms with Crippen molar-refractivity contribution in [3.63, 3.8) is 0 Å². The molecule has 218 valence electrons. The number of hydrogen-bond acceptors (Lipinski definition) is 0. The van der Waals surface area contributed by atoms with Gasteiger partial charge in [0.2, 0.25) is 6.33 Å². The number of nitrogens with zero attached hydrogens (tertiary/aromatic N) is 1. The number of aromatic nitrogens is 2. The third-order valence-electron chi connectivity index (χ3n) is 8.60. The number of H-pyrrole nitrogens is 1. The van der Waals surface area contributed by atoms with Gasteiger partial charge in [0.25, 0.3) is 0 Å². The van der Waals surface area contributed by atoms with Crippen LogP contribution in [0.4, 0.5) is 0 Å². The molecule has 0 aliphatic carbocycles. The van der Waals surface area contributed by atoms with Gasteiger partial charge in [0.1, 0.15) is 18.4 Å². The molecule has 0 aliphatic heterocycles. The minimum absolute atomic E-state index is 0.682. The summed E-state index contributed by atoms with van der Waals surface area (Å²) in [6.45, 7) is 7.11. The summed E-state index contributed by atoms with van der Waals surface area (Å²) in [4.78, 5) is 3.28. The Hall–Kier alpha value is -0.790. The SMILES string of the molecule is CCCCCCCCCCCCCCCCC(C)CC(CCCCCCCCCCCC)[n+]1cc[nH]c1. The molecule has 0 fully saturated rings. The lowest BCUT2D eigenvalue weighted by Crippen LogP contribution is -2.38. The Labute approximate surface area is 234 Å². The molecule has 1 N–H and O–H groups in total. The van der Waals surface area contributed by atoms with E-state index in [0.29, 0.717) is 6.04 Å². The standard InChI is InChI=1S/C35H68N2/c1-4-6-8-10-12-14-16-17-18-19-20-22-24-26-28-34(3)32-35(37-31-30-36-33-37)29-27-25-23-21-15-13-11-9-7-5-2/h30-31,33-35H,4-29,32H2,1-3H3/p+1. The van der Waals surface area contributed by atoms with Gasteiger partial charge in [-0.2, -0.15) is 0 Å². The van der Waals surface area contributed by atoms with Gasteiger partial charge in [0.15, 0.2) is 0 Å². The molecular weight excluding hydrogens is 448 g/mol. The molecule has 1 aromatic heterocycles. The van der Waals surface area contributed by atoms with Gasteiger partial charge in [-0.25, -0.2) is 4.57 Å². The Balaban J connectivity index is 2.01. The first-order valence-electron chi connectivity index (χ1n) is 17.3. The van der Waals surface area contributed by atoms with E-state index in [9.17, 15) is 0 Å². The first kappa shape index (κ1) is 34.2. The largest absolute Gasteiger partial charge is 0.250 e. The van der Waals surface area contributed by atoms with Crippen LogP contribution in [0, 0.1) is 5.92 Å². The van der Waals surface area contributed by atoms with Crippen LogP contribution in [0.15, 0.2) is 18.7 Å². The molecule has 2 nitrogen and oxygen atoms in total. The summed E-state index contributed by atoms with van der Waals surface area (Å²) in [5.41, 5.74) is 0. The Morgan fingerprint density at radius 2 is 0.892 bits per heavy atom. The molecule has 2 atom stereocenters. The molecule has 0 saturated carbocycles. The van der Waals surface area contributed by atoms with Crippen LogP contribution in [0.25, 0.3) is 0 Å². The van der Waals surface area contributed by atoms with Crippen LogP contribution in [-0.2, 0) is 0 Å². The van der Waals surface area contributed by atoms with Crippen LogP contribution in [0.2, 0.25) is 0 Å². The number of hydrogen-bond donors (Lipinski definition) is 1. The van der Waals surface area contributed by atoms with E-state index in [4.69, 9.17) is 0 Å². The molecule has 37 heavy (non-hydrogen) atoms. The predicted molar refractivity (Wildman–Crippen MR) is 165 cm³/mol. The van der Waals surface area contributed by atoms with Crippen LogP contribution in [0.5, 0.6) is 0 Å². The maximum atomic E-state index is 3.28. The fourth-order valence-corrected chi connectivity index (χ4v) is 6.05. The maximum Gasteiger partial charge on any atom is 0.241 e. The number of unbranched alkanes of at least 4 members (excludes halogenated alkanes) is 22. The van der Waals surface area contributed by atoms with Crippen molar-refractivity contribution >= 4 is 0 Å². The van der Waals surface area contributed by atoms with Crippen molar-refractivity contribution in [1.29, 1.82) is 0 Å². The van der Waals surface area contributed by atoms with Gasteiger partial charge < -0.3 is 0 Å². The molecule has 1 heterocycles. The van der Waals surface area contributed by atoms with E-state index >= 15 is 0 Å². The van der Waals surface area contributed by atoms with Crippen LogP contribution >= 0.6 is 0 Å². The van der Waals surface area contributed by atoms with Gasteiger partial charge in [-0.1, -0.05) is 175 Å². The minimum Gasteiger partial charge on any atom is -0.250 e. The zero-order valence-electron chi connectivity index (χ0n) is 25.9. The van der Waals surface area contributed by atoms with Crippen molar-refractivity contribution in [2.75, 3.05) is 0 Å². The number of imidazole rings is 1. The van der Waals surface area contributed by atoms with Gasteiger partial charge in [-0.15, -0.1) is 0 Å². The lowest BCUT2D eigenvalue weighted by Gasteiger charge is -2.19. The van der Waals surface area contributed by atoms with E-state index in [1.165, 1.54) is 173 Å². The van der Waals surface area contributed by atoms with E-state index < -0.39 is 0 Å². The summed E-state index contributed by atoms with van der Waals surface area (Å²) < 4.78 is 2.45. The zero-order valence-corrected chi connectivity index (χ0v) is 25.9. The Bertz CT molecular complexity index is 537. The normalized spacial score (nSPS) is 13.3. The van der Waals surface area contributed by atoms with Crippen molar-refractivity contribution in [2.24, 2.45) is 5.92 Å². The maximum absolute atomic E-state index is 3.28. The van der Waals surface area contributed by atoms with Crippen molar-refractivity contribution in [3.8, 4) is 0 Å². The molecule has 0 amide bonds. The second-order valence-electron chi connectivity index (χ2n) is 12.4. The molecule has 1 aromatic rings. The highest BCUT2D eigenvalue weighted by Crippen LogP contribution is 2.24. The Kier molecular flexibility index (Phi) is 24.8. The average Bonchev–Trinajstić information content (AvgIpc) is 3.44. The van der Waals surface area contributed by atoms with Crippen molar-refractivity contribution in [3.05, 3.63) is 18.7 Å². The van der Waals surface area contributed by atoms with Crippen LogP contribution < -0.4 is 4.57 Å². The van der Waals surface area contributed by atoms with Crippen LogP contribution in [0.3, 0.4) is 0 Å². The highest BCUT2D eigenvalue weighted by molar-refractivity contribution is 4.65. The lowest BCUT2D eigenvalue weighted by molar-refractivity contribution is -0.724. The average molecular weight is 518 g/mol. The quantitative estimate of drug-likeness (QED) is 0.0805. The third-order valence-corrected chi connectivity index (χ3v) is 8.60. The summed E-state index contributed by atoms with van der Waals surface area (Å²) in [7, 11) is 0. The first-order chi connectivity index (χ1) is 18.3. The molecule has 2 heteroatoms. The molecule has 0 spiro atoms. The molecule has 0 saturated heterocycles.